The number of rotatable bonds is 5. The number of alkyl halides is 3. The highest BCUT2D eigenvalue weighted by atomic mass is 19.4. The maximum Gasteiger partial charge on any atom is 0.421 e. The minimum Gasteiger partial charge on any atom is -0.497 e. The number of nitrogens with zero attached hydrogens (tertiary/aromatic N) is 2. The van der Waals surface area contributed by atoms with Crippen LogP contribution in [0.25, 0.3) is 0 Å². The summed E-state index contributed by atoms with van der Waals surface area (Å²) in [7, 11) is 1.56. The van der Waals surface area contributed by atoms with E-state index in [1.807, 2.05) is 12.1 Å². The Labute approximate surface area is 172 Å². The van der Waals surface area contributed by atoms with Gasteiger partial charge in [0.1, 0.15) is 17.1 Å². The molecule has 1 amide bonds. The molecule has 3 rings (SSSR count). The van der Waals surface area contributed by atoms with Gasteiger partial charge in [0.25, 0.3) is 5.91 Å². The number of hydrogen-bond acceptors (Lipinski definition) is 4. The van der Waals surface area contributed by atoms with Gasteiger partial charge in [-0.1, -0.05) is 32.0 Å². The molecule has 0 aliphatic carbocycles. The van der Waals surface area contributed by atoms with Gasteiger partial charge in [-0.05, 0) is 29.8 Å². The topological polar surface area (TPSA) is 62.6 Å². The first-order valence-corrected chi connectivity index (χ1v) is 9.25. The molecular formula is C22H21F3N2O3. The van der Waals surface area contributed by atoms with Crippen molar-refractivity contribution in [3.8, 4) is 17.6 Å². The number of halogens is 3. The van der Waals surface area contributed by atoms with Crippen LogP contribution in [-0.2, 0) is 17.5 Å². The van der Waals surface area contributed by atoms with Crippen LogP contribution in [0, 0.1) is 16.7 Å². The molecule has 0 N–H and O–H groups in total. The highest BCUT2D eigenvalue weighted by Gasteiger charge is 2.49. The molecule has 2 aromatic rings. The van der Waals surface area contributed by atoms with Gasteiger partial charge in [-0.2, -0.15) is 18.4 Å². The van der Waals surface area contributed by atoms with Crippen LogP contribution in [0.4, 0.5) is 13.2 Å². The Kier molecular flexibility index (Phi) is 5.66. The molecule has 1 atom stereocenters. The zero-order valence-corrected chi connectivity index (χ0v) is 16.8. The molecule has 1 heterocycles. The lowest BCUT2D eigenvalue weighted by atomic mass is 9.89. The second kappa shape index (κ2) is 7.90. The molecule has 8 heteroatoms. The van der Waals surface area contributed by atoms with Crippen LogP contribution in [0.3, 0.4) is 0 Å². The largest absolute Gasteiger partial charge is 0.497 e. The highest BCUT2D eigenvalue weighted by molar-refractivity contribution is 5.84. The lowest BCUT2D eigenvalue weighted by Gasteiger charge is -2.26. The number of amides is 1. The Morgan fingerprint density at radius 2 is 1.87 bits per heavy atom. The lowest BCUT2D eigenvalue weighted by molar-refractivity contribution is -0.142. The van der Waals surface area contributed by atoms with Crippen LogP contribution in [0.2, 0.25) is 0 Å². The molecule has 1 aliphatic heterocycles. The number of hydrogen-bond donors (Lipinski definition) is 0. The van der Waals surface area contributed by atoms with Crippen LogP contribution < -0.4 is 9.47 Å². The third kappa shape index (κ3) is 4.20. The van der Waals surface area contributed by atoms with Gasteiger partial charge < -0.3 is 14.4 Å². The zero-order chi connectivity index (χ0) is 22.1. The summed E-state index contributed by atoms with van der Waals surface area (Å²) in [6.07, 6.45) is -5.89. The average Bonchev–Trinajstić information content (AvgIpc) is 2.90. The van der Waals surface area contributed by atoms with E-state index in [2.05, 4.69) is 0 Å². The van der Waals surface area contributed by atoms with Gasteiger partial charge in [-0.3, -0.25) is 4.79 Å². The fourth-order valence-corrected chi connectivity index (χ4v) is 3.59. The summed E-state index contributed by atoms with van der Waals surface area (Å²) in [5, 5.41) is 9.08. The van der Waals surface area contributed by atoms with Gasteiger partial charge in [0.2, 0.25) is 0 Å². The van der Waals surface area contributed by atoms with Crippen molar-refractivity contribution in [2.24, 2.45) is 5.41 Å². The first-order valence-electron chi connectivity index (χ1n) is 9.25. The summed E-state index contributed by atoms with van der Waals surface area (Å²) >= 11 is 0. The fraction of sp³-hybridized carbons (Fsp3) is 0.364. The summed E-state index contributed by atoms with van der Waals surface area (Å²) in [6, 6.07) is 12.3. The number of carbonyl (C=O) groups excluding carboxylic acids is 1. The van der Waals surface area contributed by atoms with Gasteiger partial charge in [-0.25, -0.2) is 0 Å². The first-order chi connectivity index (χ1) is 14.1. The Bertz CT molecular complexity index is 979. The standard InChI is InChI=1S/C22H21F3N2O3/c1-21(2)13-27(12-14-7-9-16(29-3)10-8-14)20(28)19(21)30-17-6-4-5-15(11-26)18(17)22(23,24)25/h4-10,19H,12-13H2,1-3H3. The van der Waals surface area contributed by atoms with Crippen LogP contribution >= 0.6 is 0 Å². The van der Waals surface area contributed by atoms with Crippen molar-refractivity contribution in [3.63, 3.8) is 0 Å². The number of carbonyl (C=O) groups is 1. The van der Waals surface area contributed by atoms with Crippen molar-refractivity contribution >= 4 is 5.91 Å². The van der Waals surface area contributed by atoms with Gasteiger partial charge in [0.05, 0.1) is 18.7 Å². The van der Waals surface area contributed by atoms with E-state index in [0.717, 1.165) is 17.7 Å². The summed E-state index contributed by atoms with van der Waals surface area (Å²) in [5.41, 5.74) is -1.57. The van der Waals surface area contributed by atoms with Crippen molar-refractivity contribution < 1.29 is 27.4 Å². The second-order valence-electron chi connectivity index (χ2n) is 7.82. The molecule has 1 saturated heterocycles. The van der Waals surface area contributed by atoms with Crippen molar-refractivity contribution in [3.05, 3.63) is 59.2 Å². The van der Waals surface area contributed by atoms with Gasteiger partial charge in [0, 0.05) is 18.5 Å². The Hall–Kier alpha value is -3.21. The summed E-state index contributed by atoms with van der Waals surface area (Å²) in [4.78, 5) is 14.6. The Morgan fingerprint density at radius 3 is 2.43 bits per heavy atom. The molecule has 0 bridgehead atoms. The van der Waals surface area contributed by atoms with E-state index in [-0.39, 0.29) is 0 Å². The summed E-state index contributed by atoms with van der Waals surface area (Å²) in [6.45, 7) is 4.16. The molecular weight excluding hydrogens is 397 g/mol. The van der Waals surface area contributed by atoms with E-state index in [9.17, 15) is 18.0 Å². The molecule has 1 unspecified atom stereocenters. The molecule has 0 aromatic heterocycles. The smallest absolute Gasteiger partial charge is 0.421 e. The minimum absolute atomic E-state index is 0.302. The molecule has 158 valence electrons. The zero-order valence-electron chi connectivity index (χ0n) is 16.8. The summed E-state index contributed by atoms with van der Waals surface area (Å²) < 4.78 is 51.4. The number of methoxy groups -OCH3 is 1. The molecule has 0 saturated carbocycles. The quantitative estimate of drug-likeness (QED) is 0.722. The van der Waals surface area contributed by atoms with E-state index in [0.29, 0.717) is 18.8 Å². The normalized spacial score (nSPS) is 18.2. The van der Waals surface area contributed by atoms with Gasteiger partial charge >= 0.3 is 6.18 Å². The summed E-state index contributed by atoms with van der Waals surface area (Å²) in [5.74, 6) is -0.226. The maximum atomic E-state index is 13.5. The van der Waals surface area contributed by atoms with Crippen molar-refractivity contribution in [1.29, 1.82) is 5.26 Å². The van der Waals surface area contributed by atoms with E-state index < -0.39 is 40.5 Å². The molecule has 1 fully saturated rings. The Morgan fingerprint density at radius 1 is 1.20 bits per heavy atom. The highest BCUT2D eigenvalue weighted by Crippen LogP contribution is 2.42. The third-order valence-electron chi connectivity index (χ3n) is 5.05. The van der Waals surface area contributed by atoms with Crippen LogP contribution in [-0.4, -0.2) is 30.6 Å². The second-order valence-corrected chi connectivity index (χ2v) is 7.82. The van der Waals surface area contributed by atoms with E-state index >= 15 is 0 Å². The third-order valence-corrected chi connectivity index (χ3v) is 5.05. The predicted octanol–water partition coefficient (Wildman–Crippen LogP) is 4.40. The van der Waals surface area contributed by atoms with Crippen molar-refractivity contribution in [2.45, 2.75) is 32.7 Å². The minimum atomic E-state index is -4.78. The van der Waals surface area contributed by atoms with E-state index in [1.165, 1.54) is 6.07 Å². The van der Waals surface area contributed by atoms with E-state index in [4.69, 9.17) is 14.7 Å². The molecule has 30 heavy (non-hydrogen) atoms. The first kappa shape index (κ1) is 21.5. The van der Waals surface area contributed by atoms with Crippen molar-refractivity contribution in [2.75, 3.05) is 13.7 Å². The monoisotopic (exact) mass is 418 g/mol. The van der Waals surface area contributed by atoms with E-state index in [1.54, 1.807) is 44.1 Å². The van der Waals surface area contributed by atoms with Crippen molar-refractivity contribution in [1.82, 2.24) is 4.90 Å². The number of benzene rings is 2. The molecule has 1 aliphatic rings. The van der Waals surface area contributed by atoms with Gasteiger partial charge in [-0.15, -0.1) is 0 Å². The molecule has 0 spiro atoms. The number of likely N-dealkylation sites (tertiary alicyclic amines) is 1. The number of ether oxygens (including phenoxy) is 2. The van der Waals surface area contributed by atoms with Crippen LogP contribution in [0.15, 0.2) is 42.5 Å². The fourth-order valence-electron chi connectivity index (χ4n) is 3.59. The average molecular weight is 418 g/mol. The van der Waals surface area contributed by atoms with Crippen LogP contribution in [0.5, 0.6) is 11.5 Å². The molecule has 5 nitrogen and oxygen atoms in total. The lowest BCUT2D eigenvalue weighted by Crippen LogP contribution is -2.37. The SMILES string of the molecule is COc1ccc(CN2CC(C)(C)C(Oc3cccc(C#N)c3C(F)(F)F)C2=O)cc1. The molecule has 0 radical (unpaired) electrons. The molecule has 2 aromatic carbocycles. The predicted molar refractivity (Wildman–Crippen MR) is 103 cm³/mol. The van der Waals surface area contributed by atoms with Crippen LogP contribution in [0.1, 0.15) is 30.5 Å². The number of nitriles is 1. The van der Waals surface area contributed by atoms with Gasteiger partial charge in [0.15, 0.2) is 6.10 Å². The maximum absolute atomic E-state index is 13.5. The Balaban J connectivity index is 1.87.